The molecule has 5 heteroatoms. The van der Waals surface area contributed by atoms with Gasteiger partial charge in [-0.05, 0) is 69.7 Å². The summed E-state index contributed by atoms with van der Waals surface area (Å²) < 4.78 is 5.41. The number of nitrogens with one attached hydrogen (secondary N) is 1. The van der Waals surface area contributed by atoms with Crippen LogP contribution < -0.4 is 10.1 Å². The minimum absolute atomic E-state index is 0.00852. The third-order valence-corrected chi connectivity index (χ3v) is 5.30. The highest BCUT2D eigenvalue weighted by Gasteiger charge is 2.32. The number of hydrogen-bond donors (Lipinski definition) is 1. The van der Waals surface area contributed by atoms with Gasteiger partial charge in [-0.2, -0.15) is 0 Å². The van der Waals surface area contributed by atoms with Gasteiger partial charge in [0, 0.05) is 30.6 Å². The van der Waals surface area contributed by atoms with Crippen molar-refractivity contribution >= 4 is 17.5 Å². The van der Waals surface area contributed by atoms with E-state index >= 15 is 0 Å². The van der Waals surface area contributed by atoms with Crippen LogP contribution in [0.2, 0.25) is 0 Å². The Morgan fingerprint density at radius 3 is 2.24 bits per heavy atom. The van der Waals surface area contributed by atoms with E-state index in [1.165, 1.54) is 0 Å². The molecule has 0 spiro atoms. The summed E-state index contributed by atoms with van der Waals surface area (Å²) in [5.41, 5.74) is 0.795. The van der Waals surface area contributed by atoms with E-state index in [2.05, 4.69) is 5.32 Å². The van der Waals surface area contributed by atoms with E-state index in [1.54, 1.807) is 0 Å². The first-order chi connectivity index (χ1) is 12.2. The summed E-state index contributed by atoms with van der Waals surface area (Å²) in [4.78, 5) is 26.9. The quantitative estimate of drug-likeness (QED) is 0.890. The number of nitrogens with zero attached hydrogens (tertiary/aromatic N) is 1. The molecule has 0 bridgehead atoms. The number of rotatable bonds is 5. The molecule has 1 saturated heterocycles. The summed E-state index contributed by atoms with van der Waals surface area (Å²) in [5, 5.41) is 2.99. The molecule has 1 N–H and O–H groups in total. The van der Waals surface area contributed by atoms with Crippen LogP contribution in [-0.2, 0) is 9.59 Å². The zero-order valence-corrected chi connectivity index (χ0v) is 15.0. The van der Waals surface area contributed by atoms with Crippen LogP contribution >= 0.6 is 0 Å². The second-order valence-corrected chi connectivity index (χ2v) is 7.03. The molecule has 1 saturated carbocycles. The molecule has 0 unspecified atom stereocenters. The summed E-state index contributed by atoms with van der Waals surface area (Å²) in [6.07, 6.45) is 5.52. The first-order valence-electron chi connectivity index (χ1n) is 9.50. The highest BCUT2D eigenvalue weighted by Crippen LogP contribution is 2.31. The average molecular weight is 344 g/mol. The van der Waals surface area contributed by atoms with Crippen molar-refractivity contribution in [2.75, 3.05) is 25.0 Å². The van der Waals surface area contributed by atoms with Crippen molar-refractivity contribution in [3.63, 3.8) is 0 Å². The van der Waals surface area contributed by atoms with Crippen LogP contribution in [0.5, 0.6) is 5.75 Å². The fraction of sp³-hybridized carbons (Fsp3) is 0.600. The molecule has 3 rings (SSSR count). The maximum atomic E-state index is 12.5. The number of likely N-dealkylation sites (tertiary alicyclic amines) is 1. The number of carbonyl (C=O) groups excluding carboxylic acids is 2. The molecule has 1 aromatic carbocycles. The first-order valence-corrected chi connectivity index (χ1v) is 9.50. The molecule has 1 aliphatic heterocycles. The van der Waals surface area contributed by atoms with Gasteiger partial charge in [0.2, 0.25) is 11.8 Å². The lowest BCUT2D eigenvalue weighted by atomic mass is 9.81. The standard InChI is InChI=1S/C20H28N2O3/c1-2-25-18-11-9-17(10-12-18)21-19(23)15-5-7-16(8-6-15)20(24)22-13-3-4-14-22/h9-12,15-16H,2-8,13-14H2,1H3,(H,21,23). The molecule has 1 aliphatic carbocycles. The third kappa shape index (κ3) is 4.53. The van der Waals surface area contributed by atoms with Gasteiger partial charge in [0.05, 0.1) is 6.61 Å². The van der Waals surface area contributed by atoms with Crippen molar-refractivity contribution < 1.29 is 14.3 Å². The Morgan fingerprint density at radius 2 is 1.64 bits per heavy atom. The molecular weight excluding hydrogens is 316 g/mol. The Hall–Kier alpha value is -2.04. The second-order valence-electron chi connectivity index (χ2n) is 7.03. The molecule has 2 fully saturated rings. The SMILES string of the molecule is CCOc1ccc(NC(=O)C2CCC(C(=O)N3CCCC3)CC2)cc1. The Balaban J connectivity index is 1.47. The summed E-state index contributed by atoms with van der Waals surface area (Å²) in [6, 6.07) is 7.46. The maximum Gasteiger partial charge on any atom is 0.227 e. The Morgan fingerprint density at radius 1 is 1.04 bits per heavy atom. The lowest BCUT2D eigenvalue weighted by molar-refractivity contribution is -0.136. The van der Waals surface area contributed by atoms with Crippen LogP contribution in [0.3, 0.4) is 0 Å². The van der Waals surface area contributed by atoms with Crippen LogP contribution in [0.15, 0.2) is 24.3 Å². The molecule has 0 aromatic heterocycles. The summed E-state index contributed by atoms with van der Waals surface area (Å²) in [7, 11) is 0. The van der Waals surface area contributed by atoms with Gasteiger partial charge in [0.15, 0.2) is 0 Å². The minimum atomic E-state index is 0.00852. The predicted octanol–water partition coefficient (Wildman–Crippen LogP) is 3.45. The number of amides is 2. The zero-order chi connectivity index (χ0) is 17.6. The fourth-order valence-electron chi connectivity index (χ4n) is 3.84. The van der Waals surface area contributed by atoms with Gasteiger partial charge in [-0.3, -0.25) is 9.59 Å². The van der Waals surface area contributed by atoms with Gasteiger partial charge in [-0.1, -0.05) is 0 Å². The van der Waals surface area contributed by atoms with Gasteiger partial charge >= 0.3 is 0 Å². The summed E-state index contributed by atoms with van der Waals surface area (Å²) in [6.45, 7) is 4.40. The minimum Gasteiger partial charge on any atom is -0.494 e. The lowest BCUT2D eigenvalue weighted by Crippen LogP contribution is -2.37. The number of carbonyl (C=O) groups is 2. The van der Waals surface area contributed by atoms with Crippen molar-refractivity contribution in [2.45, 2.75) is 45.4 Å². The third-order valence-electron chi connectivity index (χ3n) is 5.30. The Kier molecular flexibility index (Phi) is 5.95. The van der Waals surface area contributed by atoms with E-state index in [9.17, 15) is 9.59 Å². The van der Waals surface area contributed by atoms with Crippen LogP contribution in [-0.4, -0.2) is 36.4 Å². The van der Waals surface area contributed by atoms with Crippen molar-refractivity contribution in [3.8, 4) is 5.75 Å². The molecular formula is C20H28N2O3. The van der Waals surface area contributed by atoms with Crippen LogP contribution in [0.4, 0.5) is 5.69 Å². The zero-order valence-electron chi connectivity index (χ0n) is 15.0. The molecule has 1 aromatic rings. The van der Waals surface area contributed by atoms with E-state index in [1.807, 2.05) is 36.1 Å². The molecule has 2 aliphatic rings. The highest BCUT2D eigenvalue weighted by atomic mass is 16.5. The van der Waals surface area contributed by atoms with E-state index in [-0.39, 0.29) is 17.7 Å². The van der Waals surface area contributed by atoms with Gasteiger partial charge in [-0.25, -0.2) is 0 Å². The van der Waals surface area contributed by atoms with Crippen LogP contribution in [0, 0.1) is 11.8 Å². The molecule has 2 amide bonds. The number of hydrogen-bond acceptors (Lipinski definition) is 3. The number of anilines is 1. The van der Waals surface area contributed by atoms with Crippen molar-refractivity contribution in [3.05, 3.63) is 24.3 Å². The largest absolute Gasteiger partial charge is 0.494 e. The highest BCUT2D eigenvalue weighted by molar-refractivity contribution is 5.92. The van der Waals surface area contributed by atoms with E-state index < -0.39 is 0 Å². The van der Waals surface area contributed by atoms with Crippen molar-refractivity contribution in [1.82, 2.24) is 4.90 Å². The van der Waals surface area contributed by atoms with E-state index in [4.69, 9.17) is 4.74 Å². The molecule has 1 heterocycles. The smallest absolute Gasteiger partial charge is 0.227 e. The topological polar surface area (TPSA) is 58.6 Å². The molecule has 0 atom stereocenters. The van der Waals surface area contributed by atoms with E-state index in [0.717, 1.165) is 63.1 Å². The summed E-state index contributed by atoms with van der Waals surface area (Å²) >= 11 is 0. The Bertz CT molecular complexity index is 585. The molecule has 136 valence electrons. The van der Waals surface area contributed by atoms with Crippen molar-refractivity contribution in [2.24, 2.45) is 11.8 Å². The van der Waals surface area contributed by atoms with E-state index in [0.29, 0.717) is 12.5 Å². The monoisotopic (exact) mass is 344 g/mol. The predicted molar refractivity (Wildman–Crippen MR) is 97.5 cm³/mol. The van der Waals surface area contributed by atoms with Crippen molar-refractivity contribution in [1.29, 1.82) is 0 Å². The van der Waals surface area contributed by atoms with Gasteiger partial charge in [-0.15, -0.1) is 0 Å². The maximum absolute atomic E-state index is 12.5. The van der Waals surface area contributed by atoms with Gasteiger partial charge < -0.3 is 15.0 Å². The van der Waals surface area contributed by atoms with Crippen LogP contribution in [0.25, 0.3) is 0 Å². The molecule has 0 radical (unpaired) electrons. The molecule has 25 heavy (non-hydrogen) atoms. The lowest BCUT2D eigenvalue weighted by Gasteiger charge is -2.29. The second kappa shape index (κ2) is 8.37. The average Bonchev–Trinajstić information content (AvgIpc) is 3.18. The normalized spacial score (nSPS) is 23.3. The summed E-state index contributed by atoms with van der Waals surface area (Å²) in [5.74, 6) is 1.31. The fourth-order valence-corrected chi connectivity index (χ4v) is 3.84. The van der Waals surface area contributed by atoms with Crippen LogP contribution in [0.1, 0.15) is 45.4 Å². The number of benzene rings is 1. The van der Waals surface area contributed by atoms with Gasteiger partial charge in [0.1, 0.15) is 5.75 Å². The molecule has 5 nitrogen and oxygen atoms in total. The Labute approximate surface area is 149 Å². The first kappa shape index (κ1) is 17.8. The number of ether oxygens (including phenoxy) is 1. The van der Waals surface area contributed by atoms with Gasteiger partial charge in [0.25, 0.3) is 0 Å².